The highest BCUT2D eigenvalue weighted by Gasteiger charge is 2.36. The Labute approximate surface area is 126 Å². The van der Waals surface area contributed by atoms with Crippen LogP contribution in [0, 0.1) is 19.8 Å². The van der Waals surface area contributed by atoms with Gasteiger partial charge in [-0.25, -0.2) is 13.1 Å². The van der Waals surface area contributed by atoms with E-state index in [2.05, 4.69) is 9.62 Å². The highest BCUT2D eigenvalue weighted by Crippen LogP contribution is 2.29. The Morgan fingerprint density at radius 3 is 2.43 bits per heavy atom. The van der Waals surface area contributed by atoms with Crippen LogP contribution in [0.5, 0.6) is 0 Å². The summed E-state index contributed by atoms with van der Waals surface area (Å²) in [5.74, 6) is 0.466. The molecule has 3 aliphatic heterocycles. The monoisotopic (exact) mass is 309 g/mol. The maximum atomic E-state index is 12.6. The first-order valence-corrected chi connectivity index (χ1v) is 8.96. The minimum atomic E-state index is -3.50. The molecule has 5 nitrogen and oxygen atoms in total. The van der Waals surface area contributed by atoms with Crippen LogP contribution in [0.25, 0.3) is 0 Å². The summed E-state index contributed by atoms with van der Waals surface area (Å²) < 4.78 is 28.1. The zero-order chi connectivity index (χ0) is 15.2. The van der Waals surface area contributed by atoms with Crippen molar-refractivity contribution in [3.05, 3.63) is 23.3 Å². The molecule has 2 bridgehead atoms. The molecule has 0 saturated carbocycles. The summed E-state index contributed by atoms with van der Waals surface area (Å²) in [5.41, 5.74) is 8.29. The number of nitrogens with zero attached hydrogens (tertiary/aromatic N) is 1. The molecule has 116 valence electrons. The minimum Gasteiger partial charge on any atom is -0.398 e. The number of piperidine rings is 3. The van der Waals surface area contributed by atoms with Crippen molar-refractivity contribution in [3.8, 4) is 0 Å². The molecule has 3 fully saturated rings. The first-order chi connectivity index (χ1) is 9.87. The predicted octanol–water partition coefficient (Wildman–Crippen LogP) is 1.26. The first-order valence-electron chi connectivity index (χ1n) is 7.48. The largest absolute Gasteiger partial charge is 0.398 e. The van der Waals surface area contributed by atoms with Crippen LogP contribution in [0.2, 0.25) is 0 Å². The van der Waals surface area contributed by atoms with Crippen LogP contribution >= 0.6 is 0 Å². The molecule has 1 aromatic carbocycles. The van der Waals surface area contributed by atoms with Gasteiger partial charge in [0.2, 0.25) is 10.0 Å². The van der Waals surface area contributed by atoms with Crippen LogP contribution < -0.4 is 10.5 Å². The fourth-order valence-electron chi connectivity index (χ4n) is 3.37. The molecular formula is C15H23N3O2S. The lowest BCUT2D eigenvalue weighted by Crippen LogP contribution is -2.57. The van der Waals surface area contributed by atoms with E-state index in [1.807, 2.05) is 13.8 Å². The van der Waals surface area contributed by atoms with Gasteiger partial charge in [0.25, 0.3) is 0 Å². The number of hydrogen-bond acceptors (Lipinski definition) is 4. The number of nitrogens with two attached hydrogens (primary N) is 1. The van der Waals surface area contributed by atoms with Gasteiger partial charge in [0, 0.05) is 18.3 Å². The van der Waals surface area contributed by atoms with E-state index in [-0.39, 0.29) is 10.9 Å². The summed E-state index contributed by atoms with van der Waals surface area (Å²) in [5, 5.41) is 0. The second kappa shape index (κ2) is 5.26. The zero-order valence-electron chi connectivity index (χ0n) is 12.6. The second-order valence-electron chi connectivity index (χ2n) is 6.32. The molecule has 0 aromatic heterocycles. The molecule has 0 amide bonds. The lowest BCUT2D eigenvalue weighted by Gasteiger charge is -2.44. The molecule has 0 spiro atoms. The summed E-state index contributed by atoms with van der Waals surface area (Å²) >= 11 is 0. The standard InChI is InChI=1S/C15H23N3O2S/c1-10-7-13(8-14(16)11(10)2)21(19,20)17-15-9-18-5-3-12(15)4-6-18/h7-8,12,15,17H,3-6,9,16H2,1-2H3. The van der Waals surface area contributed by atoms with E-state index < -0.39 is 10.0 Å². The van der Waals surface area contributed by atoms with Crippen LogP contribution in [0.4, 0.5) is 5.69 Å². The molecule has 3 aliphatic rings. The van der Waals surface area contributed by atoms with Gasteiger partial charge in [-0.2, -0.15) is 0 Å². The Kier molecular flexibility index (Phi) is 3.71. The summed E-state index contributed by atoms with van der Waals surface area (Å²) in [6, 6.07) is 3.29. The lowest BCUT2D eigenvalue weighted by atomic mass is 9.85. The normalized spacial score (nSPS) is 28.8. The Morgan fingerprint density at radius 1 is 1.24 bits per heavy atom. The Morgan fingerprint density at radius 2 is 1.90 bits per heavy atom. The van der Waals surface area contributed by atoms with Crippen molar-refractivity contribution in [1.29, 1.82) is 0 Å². The number of hydrogen-bond donors (Lipinski definition) is 2. The smallest absolute Gasteiger partial charge is 0.240 e. The lowest BCUT2D eigenvalue weighted by molar-refractivity contribution is 0.0827. The maximum absolute atomic E-state index is 12.6. The van der Waals surface area contributed by atoms with E-state index >= 15 is 0 Å². The van der Waals surface area contributed by atoms with Crippen molar-refractivity contribution < 1.29 is 8.42 Å². The average molecular weight is 309 g/mol. The number of rotatable bonds is 3. The SMILES string of the molecule is Cc1cc(S(=O)(=O)NC2CN3CCC2CC3)cc(N)c1C. The predicted molar refractivity (Wildman–Crippen MR) is 83.6 cm³/mol. The van der Waals surface area contributed by atoms with Gasteiger partial charge >= 0.3 is 0 Å². The van der Waals surface area contributed by atoms with Gasteiger partial charge in [-0.1, -0.05) is 0 Å². The minimum absolute atomic E-state index is 0.0281. The van der Waals surface area contributed by atoms with E-state index in [9.17, 15) is 8.42 Å². The number of benzene rings is 1. The highest BCUT2D eigenvalue weighted by atomic mass is 32.2. The third kappa shape index (κ3) is 2.80. The van der Waals surface area contributed by atoms with Crippen molar-refractivity contribution in [2.45, 2.75) is 37.6 Å². The zero-order valence-corrected chi connectivity index (χ0v) is 13.4. The molecule has 3 saturated heterocycles. The fraction of sp³-hybridized carbons (Fsp3) is 0.600. The van der Waals surface area contributed by atoms with E-state index in [1.54, 1.807) is 12.1 Å². The Bertz CT molecular complexity index is 626. The van der Waals surface area contributed by atoms with Crippen molar-refractivity contribution in [1.82, 2.24) is 9.62 Å². The molecule has 21 heavy (non-hydrogen) atoms. The summed E-state index contributed by atoms with van der Waals surface area (Å²) in [6.07, 6.45) is 2.17. The van der Waals surface area contributed by atoms with E-state index in [0.29, 0.717) is 11.6 Å². The van der Waals surface area contributed by atoms with Crippen LogP contribution in [-0.4, -0.2) is 39.0 Å². The average Bonchev–Trinajstić information content (AvgIpc) is 2.45. The van der Waals surface area contributed by atoms with Crippen LogP contribution in [0.1, 0.15) is 24.0 Å². The molecule has 6 heteroatoms. The summed E-state index contributed by atoms with van der Waals surface area (Å²) in [4.78, 5) is 2.61. The summed E-state index contributed by atoms with van der Waals surface area (Å²) in [6.45, 7) is 6.81. The number of anilines is 1. The number of nitrogens with one attached hydrogen (secondary N) is 1. The van der Waals surface area contributed by atoms with Crippen molar-refractivity contribution >= 4 is 15.7 Å². The molecule has 1 unspecified atom stereocenters. The Balaban J connectivity index is 1.84. The van der Waals surface area contributed by atoms with Crippen molar-refractivity contribution in [2.75, 3.05) is 25.4 Å². The molecule has 0 aliphatic carbocycles. The third-order valence-corrected chi connectivity index (χ3v) is 6.42. The van der Waals surface area contributed by atoms with Crippen molar-refractivity contribution in [2.24, 2.45) is 5.92 Å². The second-order valence-corrected chi connectivity index (χ2v) is 8.03. The van der Waals surface area contributed by atoms with Gasteiger partial charge in [0.1, 0.15) is 0 Å². The third-order valence-electron chi connectivity index (χ3n) is 4.95. The maximum Gasteiger partial charge on any atom is 0.240 e. The van der Waals surface area contributed by atoms with Gasteiger partial charge in [0.05, 0.1) is 4.90 Å². The molecule has 3 N–H and O–H groups in total. The van der Waals surface area contributed by atoms with Crippen LogP contribution in [-0.2, 0) is 10.0 Å². The first kappa shape index (κ1) is 14.8. The fourth-order valence-corrected chi connectivity index (χ4v) is 4.79. The van der Waals surface area contributed by atoms with Crippen LogP contribution in [0.15, 0.2) is 17.0 Å². The van der Waals surface area contributed by atoms with Gasteiger partial charge in [-0.05, 0) is 69.0 Å². The van der Waals surface area contributed by atoms with Gasteiger partial charge in [-0.3, -0.25) is 0 Å². The van der Waals surface area contributed by atoms with Gasteiger partial charge in [0.15, 0.2) is 0 Å². The topological polar surface area (TPSA) is 75.4 Å². The molecule has 3 heterocycles. The van der Waals surface area contributed by atoms with E-state index in [4.69, 9.17) is 5.73 Å². The quantitative estimate of drug-likeness (QED) is 0.824. The number of nitrogen functional groups attached to an aromatic ring is 1. The molecule has 1 aromatic rings. The molecule has 1 atom stereocenters. The van der Waals surface area contributed by atoms with Gasteiger partial charge < -0.3 is 10.6 Å². The highest BCUT2D eigenvalue weighted by molar-refractivity contribution is 7.89. The van der Waals surface area contributed by atoms with E-state index in [0.717, 1.165) is 43.6 Å². The van der Waals surface area contributed by atoms with Crippen molar-refractivity contribution in [3.63, 3.8) is 0 Å². The Hall–Kier alpha value is -1.11. The number of aryl methyl sites for hydroxylation is 1. The van der Waals surface area contributed by atoms with Crippen LogP contribution in [0.3, 0.4) is 0 Å². The molecular weight excluding hydrogens is 286 g/mol. The summed E-state index contributed by atoms with van der Waals surface area (Å²) in [7, 11) is -3.50. The molecule has 0 radical (unpaired) electrons. The van der Waals surface area contributed by atoms with E-state index in [1.165, 1.54) is 0 Å². The van der Waals surface area contributed by atoms with Gasteiger partial charge in [-0.15, -0.1) is 0 Å². The number of fused-ring (bicyclic) bond motifs is 3. The number of sulfonamides is 1. The molecule has 4 rings (SSSR count).